The summed E-state index contributed by atoms with van der Waals surface area (Å²) >= 11 is 1.91. The van der Waals surface area contributed by atoms with Gasteiger partial charge in [-0.05, 0) is 48.8 Å². The van der Waals surface area contributed by atoms with Crippen LogP contribution in [0.4, 0.5) is 10.5 Å². The molecule has 5 rings (SSSR count). The van der Waals surface area contributed by atoms with Crippen molar-refractivity contribution in [3.8, 4) is 17.2 Å². The van der Waals surface area contributed by atoms with Crippen molar-refractivity contribution in [1.29, 1.82) is 0 Å². The lowest BCUT2D eigenvalue weighted by Crippen LogP contribution is -2.42. The monoisotopic (exact) mass is 478 g/mol. The summed E-state index contributed by atoms with van der Waals surface area (Å²) in [6.07, 6.45) is 5.74. The first kappa shape index (κ1) is 22.6. The molecule has 0 fully saturated rings. The Morgan fingerprint density at radius 3 is 2.32 bits per heavy atom. The normalized spacial score (nSPS) is 16.9. The van der Waals surface area contributed by atoms with Crippen LogP contribution in [0.25, 0.3) is 0 Å². The van der Waals surface area contributed by atoms with E-state index < -0.39 is 0 Å². The molecule has 2 aromatic carbocycles. The topological polar surface area (TPSA) is 60.0 Å². The number of fused-ring (bicyclic) bond motifs is 3. The van der Waals surface area contributed by atoms with Crippen LogP contribution in [0.2, 0.25) is 0 Å². The largest absolute Gasteiger partial charge is 0.493 e. The standard InChI is InChI=1S/C27H30N2O4S/c1-31-21-15-18(16-22(32-2)25(21)33-3)28-27(30)29-14-13-20-19-11-7-8-12-23(19)34-26(20)24(29)17-9-5-4-6-10-17/h4-6,9-10,15-16,24H,7-8,11-14H2,1-3H3,(H,28,30)/t24-/m0/s1. The molecule has 1 aromatic heterocycles. The molecule has 178 valence electrons. The molecule has 0 spiro atoms. The lowest BCUT2D eigenvalue weighted by molar-refractivity contribution is 0.195. The second-order valence-electron chi connectivity index (χ2n) is 8.65. The Hall–Kier alpha value is -3.19. The van der Waals surface area contributed by atoms with E-state index in [2.05, 4.69) is 17.4 Å². The average Bonchev–Trinajstić information content (AvgIpc) is 3.26. The fourth-order valence-corrected chi connectivity index (χ4v) is 6.77. The van der Waals surface area contributed by atoms with Crippen LogP contribution in [0.5, 0.6) is 17.2 Å². The first-order chi connectivity index (χ1) is 16.6. The average molecular weight is 479 g/mol. The van der Waals surface area contributed by atoms with E-state index in [1.54, 1.807) is 39.0 Å². The van der Waals surface area contributed by atoms with E-state index in [9.17, 15) is 4.79 Å². The molecule has 2 heterocycles. The number of rotatable bonds is 5. The van der Waals surface area contributed by atoms with Crippen molar-refractivity contribution in [3.05, 3.63) is 68.9 Å². The number of hydrogen-bond donors (Lipinski definition) is 1. The van der Waals surface area contributed by atoms with E-state index in [1.807, 2.05) is 34.4 Å². The Balaban J connectivity index is 1.50. The van der Waals surface area contributed by atoms with Crippen molar-refractivity contribution in [2.24, 2.45) is 0 Å². The van der Waals surface area contributed by atoms with E-state index in [0.717, 1.165) is 18.4 Å². The maximum Gasteiger partial charge on any atom is 0.322 e. The van der Waals surface area contributed by atoms with Gasteiger partial charge < -0.3 is 24.4 Å². The first-order valence-electron chi connectivity index (χ1n) is 11.7. The van der Waals surface area contributed by atoms with Crippen LogP contribution in [0.1, 0.15) is 45.3 Å². The van der Waals surface area contributed by atoms with Crippen molar-refractivity contribution < 1.29 is 19.0 Å². The molecule has 0 saturated carbocycles. The van der Waals surface area contributed by atoms with Crippen LogP contribution >= 0.6 is 11.3 Å². The van der Waals surface area contributed by atoms with Gasteiger partial charge in [0, 0.05) is 28.4 Å². The van der Waals surface area contributed by atoms with Crippen LogP contribution in [-0.4, -0.2) is 38.8 Å². The summed E-state index contributed by atoms with van der Waals surface area (Å²) < 4.78 is 16.3. The van der Waals surface area contributed by atoms with E-state index in [4.69, 9.17) is 14.2 Å². The zero-order chi connectivity index (χ0) is 23.7. The number of amides is 2. The number of nitrogens with one attached hydrogen (secondary N) is 1. The molecule has 0 unspecified atom stereocenters. The van der Waals surface area contributed by atoms with Gasteiger partial charge in [0.25, 0.3) is 0 Å². The Bertz CT molecular complexity index is 1170. The molecule has 0 radical (unpaired) electrons. The summed E-state index contributed by atoms with van der Waals surface area (Å²) in [7, 11) is 4.70. The number of ether oxygens (including phenoxy) is 3. The zero-order valence-corrected chi connectivity index (χ0v) is 20.7. The number of nitrogens with zero attached hydrogens (tertiary/aromatic N) is 1. The third kappa shape index (κ3) is 3.98. The Morgan fingerprint density at radius 2 is 1.65 bits per heavy atom. The van der Waals surface area contributed by atoms with Gasteiger partial charge in [0.1, 0.15) is 0 Å². The van der Waals surface area contributed by atoms with Crippen molar-refractivity contribution in [2.75, 3.05) is 33.2 Å². The van der Waals surface area contributed by atoms with Crippen LogP contribution in [-0.2, 0) is 19.3 Å². The highest BCUT2D eigenvalue weighted by Gasteiger charge is 2.36. The molecule has 6 nitrogen and oxygen atoms in total. The summed E-state index contributed by atoms with van der Waals surface area (Å²) in [4.78, 5) is 18.5. The molecule has 2 amide bonds. The Labute approximate surface area is 204 Å². The summed E-state index contributed by atoms with van der Waals surface area (Å²) in [6, 6.07) is 13.6. The maximum atomic E-state index is 13.7. The highest BCUT2D eigenvalue weighted by Crippen LogP contribution is 2.45. The van der Waals surface area contributed by atoms with E-state index in [0.29, 0.717) is 29.5 Å². The first-order valence-corrected chi connectivity index (χ1v) is 12.5. The fourth-order valence-electron chi connectivity index (χ4n) is 5.18. The lowest BCUT2D eigenvalue weighted by atomic mass is 9.88. The van der Waals surface area contributed by atoms with Gasteiger partial charge in [0.2, 0.25) is 5.75 Å². The molecular formula is C27H30N2O4S. The van der Waals surface area contributed by atoms with E-state index >= 15 is 0 Å². The fraction of sp³-hybridized carbons (Fsp3) is 0.370. The minimum atomic E-state index is -0.139. The molecule has 0 bridgehead atoms. The Kier molecular flexibility index (Phi) is 6.37. The van der Waals surface area contributed by atoms with Gasteiger partial charge in [-0.3, -0.25) is 0 Å². The molecule has 0 saturated heterocycles. The van der Waals surface area contributed by atoms with Gasteiger partial charge in [-0.2, -0.15) is 0 Å². The van der Waals surface area contributed by atoms with E-state index in [1.165, 1.54) is 34.6 Å². The molecule has 3 aromatic rings. The van der Waals surface area contributed by atoms with Gasteiger partial charge >= 0.3 is 6.03 Å². The predicted octanol–water partition coefficient (Wildman–Crippen LogP) is 5.83. The summed E-state index contributed by atoms with van der Waals surface area (Å²) in [5, 5.41) is 3.08. The van der Waals surface area contributed by atoms with Gasteiger partial charge in [-0.1, -0.05) is 30.3 Å². The number of methoxy groups -OCH3 is 3. The third-order valence-electron chi connectivity index (χ3n) is 6.77. The smallest absolute Gasteiger partial charge is 0.322 e. The SMILES string of the molecule is COc1cc(NC(=O)N2CCc3c(sc4c3CCCC4)[C@@H]2c2ccccc2)cc(OC)c1OC. The van der Waals surface area contributed by atoms with Crippen LogP contribution in [0, 0.1) is 0 Å². The summed E-state index contributed by atoms with van der Waals surface area (Å²) in [5.41, 5.74) is 4.77. The van der Waals surface area contributed by atoms with Crippen LogP contribution in [0.15, 0.2) is 42.5 Å². The Morgan fingerprint density at radius 1 is 0.941 bits per heavy atom. The van der Waals surface area contributed by atoms with Crippen molar-refractivity contribution in [2.45, 2.75) is 38.1 Å². The highest BCUT2D eigenvalue weighted by molar-refractivity contribution is 7.12. The molecule has 2 aliphatic rings. The second-order valence-corrected chi connectivity index (χ2v) is 9.79. The van der Waals surface area contributed by atoms with Gasteiger partial charge in [0.15, 0.2) is 11.5 Å². The van der Waals surface area contributed by atoms with Gasteiger partial charge in [-0.15, -0.1) is 11.3 Å². The van der Waals surface area contributed by atoms with Crippen LogP contribution in [0.3, 0.4) is 0 Å². The molecule has 1 aliphatic carbocycles. The number of carbonyl (C=O) groups excluding carboxylic acids is 1. The molecule has 34 heavy (non-hydrogen) atoms. The number of aryl methyl sites for hydroxylation is 1. The number of urea groups is 1. The number of benzene rings is 2. The molecule has 1 aliphatic heterocycles. The van der Waals surface area contributed by atoms with Gasteiger partial charge in [-0.25, -0.2) is 4.79 Å². The van der Waals surface area contributed by atoms with Crippen molar-refractivity contribution in [1.82, 2.24) is 4.90 Å². The second kappa shape index (κ2) is 9.58. The predicted molar refractivity (Wildman–Crippen MR) is 135 cm³/mol. The number of hydrogen-bond acceptors (Lipinski definition) is 5. The van der Waals surface area contributed by atoms with Crippen molar-refractivity contribution >= 4 is 23.1 Å². The number of thiophene rings is 1. The molecule has 7 heteroatoms. The third-order valence-corrected chi connectivity index (χ3v) is 8.15. The minimum absolute atomic E-state index is 0.0948. The molecule has 1 N–H and O–H groups in total. The van der Waals surface area contributed by atoms with Crippen LogP contribution < -0.4 is 19.5 Å². The minimum Gasteiger partial charge on any atom is -0.493 e. The number of carbonyl (C=O) groups is 1. The van der Waals surface area contributed by atoms with Gasteiger partial charge in [0.05, 0.1) is 33.1 Å². The van der Waals surface area contributed by atoms with E-state index in [-0.39, 0.29) is 12.1 Å². The summed E-state index contributed by atoms with van der Waals surface area (Å²) in [6.45, 7) is 0.673. The zero-order valence-electron chi connectivity index (χ0n) is 19.8. The lowest BCUT2D eigenvalue weighted by Gasteiger charge is -2.36. The van der Waals surface area contributed by atoms with Crippen molar-refractivity contribution in [3.63, 3.8) is 0 Å². The summed E-state index contributed by atoms with van der Waals surface area (Å²) in [5.74, 6) is 1.50. The maximum absolute atomic E-state index is 13.7. The molecular weight excluding hydrogens is 448 g/mol. The highest BCUT2D eigenvalue weighted by atomic mass is 32.1. The quantitative estimate of drug-likeness (QED) is 0.501. The number of anilines is 1. The molecule has 1 atom stereocenters.